The molecule has 16 nitrogen and oxygen atoms in total. The molecule has 3 aromatic rings. The van der Waals surface area contributed by atoms with Crippen LogP contribution in [-0.2, 0) is 14.2 Å². The van der Waals surface area contributed by atoms with E-state index in [0.29, 0.717) is 0 Å². The molecule has 0 spiro atoms. The van der Waals surface area contributed by atoms with Gasteiger partial charge in [-0.05, 0) is 25.1 Å². The molecule has 0 saturated carbocycles. The van der Waals surface area contributed by atoms with Crippen LogP contribution in [0.2, 0.25) is 0 Å². The zero-order valence-corrected chi connectivity index (χ0v) is 22.3. The predicted octanol–water partition coefficient (Wildman–Crippen LogP) is -1.69. The fourth-order valence-electron chi connectivity index (χ4n) is 4.84. The van der Waals surface area contributed by atoms with Crippen LogP contribution in [0.4, 0.5) is 0 Å². The normalized spacial score (nSPS) is 33.0. The van der Waals surface area contributed by atoms with Crippen LogP contribution in [0.1, 0.15) is 6.92 Å². The van der Waals surface area contributed by atoms with Crippen molar-refractivity contribution in [3.8, 4) is 40.1 Å². The monoisotopic (exact) mass is 610 g/mol. The standard InChI is InChI=1S/C27H30O16/c1-8-17(32)20(35)22(37)26(40-8)39-7-15-18(33)21(36)23(38)27(42-15)43-25-19(34)16-13(31)5-10(28)6-14(16)41-24(25)9-2-3-11(29)12(30)4-9/h2-6,8,15,17-18,20-23,26-33,35-38H,7H2,1H3/t8?,15?,17-,18+,20+,21+,22?,23?,26+,27-/m0/s1. The van der Waals surface area contributed by atoms with Crippen LogP contribution in [0.5, 0.6) is 28.7 Å². The average Bonchev–Trinajstić information content (AvgIpc) is 2.96. The van der Waals surface area contributed by atoms with Crippen molar-refractivity contribution in [3.05, 3.63) is 40.6 Å². The lowest BCUT2D eigenvalue weighted by atomic mass is 9.98. The summed E-state index contributed by atoms with van der Waals surface area (Å²) in [4.78, 5) is 13.6. The summed E-state index contributed by atoms with van der Waals surface area (Å²) >= 11 is 0. The van der Waals surface area contributed by atoms with E-state index in [9.17, 15) is 55.9 Å². The summed E-state index contributed by atoms with van der Waals surface area (Å²) in [5, 5.41) is 101. The number of rotatable bonds is 6. The highest BCUT2D eigenvalue weighted by atomic mass is 16.7. The van der Waals surface area contributed by atoms with E-state index in [4.69, 9.17) is 23.4 Å². The number of phenolic OH excluding ortho intramolecular Hbond substituents is 4. The van der Waals surface area contributed by atoms with Gasteiger partial charge < -0.3 is 74.4 Å². The van der Waals surface area contributed by atoms with Crippen molar-refractivity contribution in [3.63, 3.8) is 0 Å². The molecule has 10 N–H and O–H groups in total. The van der Waals surface area contributed by atoms with E-state index in [0.717, 1.165) is 24.3 Å². The second-order valence-corrected chi connectivity index (χ2v) is 10.3. The molecule has 2 aliphatic rings. The largest absolute Gasteiger partial charge is 0.508 e. The zero-order valence-electron chi connectivity index (χ0n) is 22.3. The molecule has 10 atom stereocenters. The van der Waals surface area contributed by atoms with Crippen LogP contribution in [-0.4, -0.2) is 119 Å². The number of ether oxygens (including phenoxy) is 4. The lowest BCUT2D eigenvalue weighted by Crippen LogP contribution is -2.61. The molecular formula is C27H30O16. The van der Waals surface area contributed by atoms with Gasteiger partial charge in [-0.25, -0.2) is 0 Å². The summed E-state index contributed by atoms with van der Waals surface area (Å²) in [6.45, 7) is 0.818. The lowest BCUT2D eigenvalue weighted by Gasteiger charge is -2.42. The Balaban J connectivity index is 1.48. The van der Waals surface area contributed by atoms with Gasteiger partial charge in [-0.3, -0.25) is 4.79 Å². The highest BCUT2D eigenvalue weighted by molar-refractivity contribution is 5.88. The van der Waals surface area contributed by atoms with Gasteiger partial charge in [0.05, 0.1) is 12.7 Å². The van der Waals surface area contributed by atoms with Gasteiger partial charge in [0.15, 0.2) is 23.5 Å². The fourth-order valence-corrected chi connectivity index (χ4v) is 4.84. The molecule has 1 aromatic heterocycles. The van der Waals surface area contributed by atoms with E-state index in [1.807, 2.05) is 0 Å². The number of aliphatic hydroxyl groups is 6. The number of aliphatic hydroxyl groups excluding tert-OH is 6. The molecule has 0 amide bonds. The third kappa shape index (κ3) is 5.67. The van der Waals surface area contributed by atoms with Crippen molar-refractivity contribution in [2.45, 2.75) is 68.3 Å². The zero-order chi connectivity index (χ0) is 31.3. The second-order valence-electron chi connectivity index (χ2n) is 10.3. The van der Waals surface area contributed by atoms with E-state index in [1.54, 1.807) is 0 Å². The molecule has 2 aromatic carbocycles. The van der Waals surface area contributed by atoms with E-state index in [1.165, 1.54) is 13.0 Å². The van der Waals surface area contributed by atoms with Crippen LogP contribution in [0.25, 0.3) is 22.3 Å². The summed E-state index contributed by atoms with van der Waals surface area (Å²) in [5.41, 5.74) is -1.35. The first-order valence-corrected chi connectivity index (χ1v) is 13.0. The minimum atomic E-state index is -1.97. The molecule has 2 aliphatic heterocycles. The smallest absolute Gasteiger partial charge is 0.239 e. The first kappa shape index (κ1) is 30.7. The number of fused-ring (bicyclic) bond motifs is 1. The van der Waals surface area contributed by atoms with Crippen molar-refractivity contribution in [2.24, 2.45) is 0 Å². The van der Waals surface area contributed by atoms with Gasteiger partial charge in [-0.1, -0.05) is 0 Å². The maximum absolute atomic E-state index is 13.6. The Hall–Kier alpha value is -3.71. The van der Waals surface area contributed by atoms with Crippen molar-refractivity contribution < 1.29 is 74.4 Å². The van der Waals surface area contributed by atoms with Crippen LogP contribution >= 0.6 is 0 Å². The molecule has 0 radical (unpaired) electrons. The molecule has 0 aliphatic carbocycles. The number of phenols is 4. The molecule has 5 rings (SSSR count). The third-order valence-corrected chi connectivity index (χ3v) is 7.29. The van der Waals surface area contributed by atoms with Crippen molar-refractivity contribution in [1.29, 1.82) is 0 Å². The van der Waals surface area contributed by atoms with Crippen LogP contribution in [0, 0.1) is 0 Å². The first-order chi connectivity index (χ1) is 20.3. The summed E-state index contributed by atoms with van der Waals surface area (Å²) < 4.78 is 27.8. The summed E-state index contributed by atoms with van der Waals surface area (Å²) in [6, 6.07) is 5.24. The topological polar surface area (TPSA) is 269 Å². The summed E-state index contributed by atoms with van der Waals surface area (Å²) in [5.74, 6) is -3.33. The minimum Gasteiger partial charge on any atom is -0.508 e. The van der Waals surface area contributed by atoms with Crippen molar-refractivity contribution >= 4 is 11.0 Å². The highest BCUT2D eigenvalue weighted by Gasteiger charge is 2.47. The van der Waals surface area contributed by atoms with Crippen LogP contribution < -0.4 is 10.2 Å². The highest BCUT2D eigenvalue weighted by Crippen LogP contribution is 2.39. The van der Waals surface area contributed by atoms with E-state index in [2.05, 4.69) is 0 Å². The molecule has 2 fully saturated rings. The van der Waals surface area contributed by atoms with Gasteiger partial charge in [0.25, 0.3) is 0 Å². The Morgan fingerprint density at radius 1 is 0.744 bits per heavy atom. The first-order valence-electron chi connectivity index (χ1n) is 13.0. The number of hydrogen-bond acceptors (Lipinski definition) is 16. The molecular weight excluding hydrogens is 580 g/mol. The van der Waals surface area contributed by atoms with E-state index in [-0.39, 0.29) is 11.1 Å². The molecule has 234 valence electrons. The van der Waals surface area contributed by atoms with Gasteiger partial charge in [-0.15, -0.1) is 0 Å². The molecule has 2 saturated heterocycles. The van der Waals surface area contributed by atoms with Gasteiger partial charge in [0, 0.05) is 17.7 Å². The van der Waals surface area contributed by atoms with Gasteiger partial charge in [-0.2, -0.15) is 0 Å². The number of benzene rings is 2. The third-order valence-electron chi connectivity index (χ3n) is 7.29. The predicted molar refractivity (Wildman–Crippen MR) is 140 cm³/mol. The minimum absolute atomic E-state index is 0.0313. The summed E-state index contributed by atoms with van der Waals surface area (Å²) in [6.07, 6.45) is -16.2. The molecule has 3 heterocycles. The van der Waals surface area contributed by atoms with Crippen LogP contribution in [0.3, 0.4) is 0 Å². The Kier molecular flexibility index (Phi) is 8.41. The Morgan fingerprint density at radius 2 is 1.42 bits per heavy atom. The van der Waals surface area contributed by atoms with Crippen molar-refractivity contribution in [2.75, 3.05) is 6.61 Å². The Bertz CT molecular complexity index is 1540. The number of aromatic hydroxyl groups is 4. The van der Waals surface area contributed by atoms with E-state index < -0.39 is 113 Å². The lowest BCUT2D eigenvalue weighted by molar-refractivity contribution is -0.318. The van der Waals surface area contributed by atoms with Crippen molar-refractivity contribution in [1.82, 2.24) is 0 Å². The summed E-state index contributed by atoms with van der Waals surface area (Å²) in [7, 11) is 0. The quantitative estimate of drug-likeness (QED) is 0.140. The van der Waals surface area contributed by atoms with Crippen LogP contribution in [0.15, 0.2) is 39.5 Å². The molecule has 4 unspecified atom stereocenters. The maximum atomic E-state index is 13.6. The molecule has 43 heavy (non-hydrogen) atoms. The maximum Gasteiger partial charge on any atom is 0.239 e. The number of hydrogen-bond donors (Lipinski definition) is 10. The second kappa shape index (κ2) is 11.8. The molecule has 0 bridgehead atoms. The van der Waals surface area contributed by atoms with E-state index >= 15 is 0 Å². The Morgan fingerprint density at radius 3 is 2.12 bits per heavy atom. The molecule has 16 heteroatoms. The average molecular weight is 611 g/mol. The van der Waals surface area contributed by atoms with Gasteiger partial charge >= 0.3 is 0 Å². The Labute approximate surface area is 241 Å². The van der Waals surface area contributed by atoms with Gasteiger partial charge in [0.2, 0.25) is 17.5 Å². The SMILES string of the molecule is CC1O[C@@H](OCC2O[C@@H](Oc3c(-c4ccc(O)c(O)c4)oc4cc(O)cc(O)c4c3=O)C(O)[C@H](O)[C@@H]2O)C(O)[C@H](O)[C@H]1O. The fraction of sp³-hybridized carbons (Fsp3) is 0.444. The van der Waals surface area contributed by atoms with Gasteiger partial charge in [0.1, 0.15) is 65.2 Å².